The second-order valence-corrected chi connectivity index (χ2v) is 12.8. The van der Waals surface area contributed by atoms with Crippen LogP contribution >= 0.6 is 11.3 Å². The Morgan fingerprint density at radius 2 is 1.97 bits per heavy atom. The lowest BCUT2D eigenvalue weighted by Crippen LogP contribution is -2.58. The van der Waals surface area contributed by atoms with Crippen LogP contribution in [-0.4, -0.2) is 72.4 Å². The number of carbonyl (C=O) groups is 2. The molecule has 10 nitrogen and oxygen atoms in total. The van der Waals surface area contributed by atoms with E-state index in [0.717, 1.165) is 38.2 Å². The number of aliphatic hydroxyl groups excluding tert-OH is 1. The highest BCUT2D eigenvalue weighted by Gasteiger charge is 2.38. The number of fused-ring (bicyclic) bond motifs is 2. The fourth-order valence-electron chi connectivity index (χ4n) is 5.19. The van der Waals surface area contributed by atoms with Crippen LogP contribution in [0.25, 0.3) is 27.1 Å². The number of ether oxygens (including phenoxy) is 1. The Labute approximate surface area is 231 Å². The van der Waals surface area contributed by atoms with Gasteiger partial charge in [-0.1, -0.05) is 13.8 Å². The summed E-state index contributed by atoms with van der Waals surface area (Å²) in [6, 6.07) is 3.99. The van der Waals surface area contributed by atoms with Gasteiger partial charge in [0.1, 0.15) is 11.9 Å². The number of hydrogen-bond donors (Lipinski definition) is 3. The smallest absolute Gasteiger partial charge is 0.410 e. The molecule has 0 radical (unpaired) electrons. The highest BCUT2D eigenvalue weighted by atomic mass is 32.1. The van der Waals surface area contributed by atoms with Crippen molar-refractivity contribution in [3.63, 3.8) is 0 Å². The maximum absolute atomic E-state index is 13.4. The van der Waals surface area contributed by atoms with Gasteiger partial charge in [0.05, 0.1) is 32.9 Å². The Morgan fingerprint density at radius 3 is 2.62 bits per heavy atom. The number of thiophene rings is 1. The van der Waals surface area contributed by atoms with Crippen molar-refractivity contribution in [1.29, 1.82) is 0 Å². The number of amides is 2. The number of rotatable bonds is 5. The maximum atomic E-state index is 13.4. The van der Waals surface area contributed by atoms with Gasteiger partial charge in [-0.15, -0.1) is 11.3 Å². The molecule has 1 aliphatic heterocycles. The highest BCUT2D eigenvalue weighted by molar-refractivity contribution is 7.21. The van der Waals surface area contributed by atoms with Gasteiger partial charge in [-0.3, -0.25) is 4.79 Å². The molecule has 1 aliphatic rings. The van der Waals surface area contributed by atoms with E-state index in [1.54, 1.807) is 15.7 Å². The van der Waals surface area contributed by atoms with Crippen LogP contribution in [0, 0.1) is 6.92 Å². The molecule has 39 heavy (non-hydrogen) atoms. The topological polar surface area (TPSA) is 125 Å². The predicted octanol–water partition coefficient (Wildman–Crippen LogP) is 4.86. The number of H-pyrrole nitrogens is 1. The SMILES string of the molecule is Cc1cc(-c2[nH]c3cc(C(=O)NC4(CO)CCN(C(=O)OC(C)(C)C)CC4)sc3c2C(C)C)cn2ncnc12. The van der Waals surface area contributed by atoms with Crippen molar-refractivity contribution < 1.29 is 19.4 Å². The quantitative estimate of drug-likeness (QED) is 0.325. The van der Waals surface area contributed by atoms with Crippen LogP contribution in [0.2, 0.25) is 0 Å². The minimum Gasteiger partial charge on any atom is -0.444 e. The molecular weight excluding hydrogens is 516 g/mol. The molecule has 0 saturated carbocycles. The number of hydrogen-bond acceptors (Lipinski definition) is 7. The first kappa shape index (κ1) is 27.1. The van der Waals surface area contributed by atoms with Crippen LogP contribution in [-0.2, 0) is 4.74 Å². The fraction of sp³-hybridized carbons (Fsp3) is 0.500. The van der Waals surface area contributed by atoms with Crippen molar-refractivity contribution in [2.24, 2.45) is 0 Å². The summed E-state index contributed by atoms with van der Waals surface area (Å²) in [7, 11) is 0. The first-order valence-electron chi connectivity index (χ1n) is 13.3. The third-order valence-electron chi connectivity index (χ3n) is 7.21. The van der Waals surface area contributed by atoms with Crippen molar-refractivity contribution in [3.8, 4) is 11.3 Å². The van der Waals surface area contributed by atoms with Gasteiger partial charge in [-0.25, -0.2) is 14.3 Å². The summed E-state index contributed by atoms with van der Waals surface area (Å²) in [5.74, 6) is -0.00321. The van der Waals surface area contributed by atoms with Gasteiger partial charge >= 0.3 is 6.09 Å². The molecule has 208 valence electrons. The lowest BCUT2D eigenvalue weighted by molar-refractivity contribution is 0.00972. The number of carbonyl (C=O) groups excluding carboxylic acids is 2. The fourth-order valence-corrected chi connectivity index (χ4v) is 6.40. The number of likely N-dealkylation sites (tertiary alicyclic amines) is 1. The number of piperidine rings is 1. The molecule has 0 spiro atoms. The number of aliphatic hydroxyl groups is 1. The van der Waals surface area contributed by atoms with E-state index in [0.29, 0.717) is 30.8 Å². The molecule has 4 aromatic rings. The van der Waals surface area contributed by atoms with Gasteiger partial charge in [-0.2, -0.15) is 5.10 Å². The Balaban J connectivity index is 1.37. The molecule has 4 aromatic heterocycles. The number of aromatic amines is 1. The first-order valence-corrected chi connectivity index (χ1v) is 14.1. The minimum atomic E-state index is -0.788. The highest BCUT2D eigenvalue weighted by Crippen LogP contribution is 2.40. The molecule has 3 N–H and O–H groups in total. The van der Waals surface area contributed by atoms with Gasteiger partial charge in [-0.05, 0) is 69.7 Å². The summed E-state index contributed by atoms with van der Waals surface area (Å²) in [6.07, 6.45) is 4.04. The van der Waals surface area contributed by atoms with E-state index >= 15 is 0 Å². The standard InChI is InChI=1S/C28H36N6O4S/c1-16(2)21-22(18-11-17(3)24-29-15-30-34(24)13-18)31-19-12-20(39-23(19)21)25(36)32-28(14-35)7-9-33(10-8-28)26(37)38-27(4,5)6/h11-13,15-16,31,35H,7-10,14H2,1-6H3,(H,32,36). The van der Waals surface area contributed by atoms with Gasteiger partial charge in [0.25, 0.3) is 5.91 Å². The Bertz CT molecular complexity index is 1530. The predicted molar refractivity (Wildman–Crippen MR) is 151 cm³/mol. The summed E-state index contributed by atoms with van der Waals surface area (Å²) >= 11 is 1.45. The second kappa shape index (κ2) is 9.95. The summed E-state index contributed by atoms with van der Waals surface area (Å²) in [5, 5.41) is 17.6. The number of pyridine rings is 1. The number of nitrogens with zero attached hydrogens (tertiary/aromatic N) is 4. The zero-order valence-electron chi connectivity index (χ0n) is 23.3. The summed E-state index contributed by atoms with van der Waals surface area (Å²) < 4.78 is 8.30. The molecule has 11 heteroatoms. The van der Waals surface area contributed by atoms with Crippen molar-refractivity contribution in [2.45, 2.75) is 71.4 Å². The van der Waals surface area contributed by atoms with Crippen molar-refractivity contribution in [1.82, 2.24) is 29.8 Å². The molecule has 5 heterocycles. The third-order valence-corrected chi connectivity index (χ3v) is 8.38. The Morgan fingerprint density at radius 1 is 1.26 bits per heavy atom. The van der Waals surface area contributed by atoms with Crippen LogP contribution in [0.1, 0.15) is 74.2 Å². The lowest BCUT2D eigenvalue weighted by atomic mass is 9.88. The lowest BCUT2D eigenvalue weighted by Gasteiger charge is -2.41. The van der Waals surface area contributed by atoms with Crippen LogP contribution in [0.4, 0.5) is 4.79 Å². The zero-order chi connectivity index (χ0) is 28.1. The van der Waals surface area contributed by atoms with E-state index in [1.807, 2.05) is 40.0 Å². The largest absolute Gasteiger partial charge is 0.444 e. The average Bonchev–Trinajstić information content (AvgIpc) is 3.57. The van der Waals surface area contributed by atoms with Crippen molar-refractivity contribution in [3.05, 3.63) is 40.7 Å². The number of aromatic nitrogens is 4. The van der Waals surface area contributed by atoms with Crippen molar-refractivity contribution in [2.75, 3.05) is 19.7 Å². The van der Waals surface area contributed by atoms with E-state index in [2.05, 4.69) is 40.3 Å². The molecule has 0 unspecified atom stereocenters. The molecule has 5 rings (SSSR count). The molecule has 0 atom stereocenters. The van der Waals surface area contributed by atoms with Crippen LogP contribution < -0.4 is 5.32 Å². The van der Waals surface area contributed by atoms with E-state index in [9.17, 15) is 14.7 Å². The third kappa shape index (κ3) is 5.25. The summed E-state index contributed by atoms with van der Waals surface area (Å²) in [5.41, 5.74) is 4.57. The Hall–Kier alpha value is -3.44. The summed E-state index contributed by atoms with van der Waals surface area (Å²) in [4.78, 5) is 35.9. The minimum absolute atomic E-state index is 0.199. The van der Waals surface area contributed by atoms with E-state index in [4.69, 9.17) is 4.74 Å². The second-order valence-electron chi connectivity index (χ2n) is 11.7. The van der Waals surface area contributed by atoms with Crippen LogP contribution in [0.5, 0.6) is 0 Å². The van der Waals surface area contributed by atoms with Gasteiger partial charge in [0, 0.05) is 24.8 Å². The molecule has 0 bridgehead atoms. The van der Waals surface area contributed by atoms with Crippen molar-refractivity contribution >= 4 is 39.2 Å². The number of aryl methyl sites for hydroxylation is 1. The zero-order valence-corrected chi connectivity index (χ0v) is 24.1. The van der Waals surface area contributed by atoms with Gasteiger partial charge in [0.2, 0.25) is 0 Å². The molecule has 1 saturated heterocycles. The first-order chi connectivity index (χ1) is 18.4. The average molecular weight is 553 g/mol. The molecule has 2 amide bonds. The molecule has 0 aromatic carbocycles. The van der Waals surface area contributed by atoms with Crippen LogP contribution in [0.15, 0.2) is 24.7 Å². The normalized spacial score (nSPS) is 15.8. The van der Waals surface area contributed by atoms with Gasteiger partial charge in [0.15, 0.2) is 5.65 Å². The Kier molecular flexibility index (Phi) is 6.92. The summed E-state index contributed by atoms with van der Waals surface area (Å²) in [6.45, 7) is 12.4. The molecular formula is C28H36N6O4S. The van der Waals surface area contributed by atoms with Crippen LogP contribution in [0.3, 0.4) is 0 Å². The number of nitrogens with one attached hydrogen (secondary N) is 2. The molecule has 0 aliphatic carbocycles. The monoisotopic (exact) mass is 552 g/mol. The van der Waals surface area contributed by atoms with E-state index in [-0.39, 0.29) is 24.5 Å². The molecule has 1 fully saturated rings. The maximum Gasteiger partial charge on any atom is 0.410 e. The van der Waals surface area contributed by atoms with E-state index < -0.39 is 11.1 Å². The van der Waals surface area contributed by atoms with E-state index in [1.165, 1.54) is 11.3 Å². The van der Waals surface area contributed by atoms with Gasteiger partial charge < -0.3 is 25.0 Å².